The van der Waals surface area contributed by atoms with Gasteiger partial charge in [0.15, 0.2) is 0 Å². The van der Waals surface area contributed by atoms with Gasteiger partial charge in [0.1, 0.15) is 5.82 Å². The number of nitrogens with one attached hydrogen (secondary N) is 1. The molecule has 0 aliphatic heterocycles. The van der Waals surface area contributed by atoms with Crippen LogP contribution in [0.25, 0.3) is 11.0 Å². The lowest BCUT2D eigenvalue weighted by Crippen LogP contribution is -1.91. The third kappa shape index (κ3) is 1.36. The van der Waals surface area contributed by atoms with Crippen LogP contribution in [0.2, 0.25) is 0 Å². The third-order valence-corrected chi connectivity index (χ3v) is 3.50. The number of H-pyrrole nitrogens is 1. The number of aromatic amines is 1. The summed E-state index contributed by atoms with van der Waals surface area (Å²) in [5.41, 5.74) is 4.00. The van der Waals surface area contributed by atoms with E-state index in [-0.39, 0.29) is 0 Å². The summed E-state index contributed by atoms with van der Waals surface area (Å²) < 4.78 is 0. The number of rotatable bonds is 1. The first kappa shape index (κ1) is 8.96. The summed E-state index contributed by atoms with van der Waals surface area (Å²) in [5, 5.41) is 0. The molecular weight excluding hydrogens is 184 g/mol. The predicted molar refractivity (Wildman–Crippen MR) is 62.0 cm³/mol. The molecule has 1 aromatic carbocycles. The number of nitrogens with zero attached hydrogens (tertiary/aromatic N) is 1. The highest BCUT2D eigenvalue weighted by molar-refractivity contribution is 5.76. The quantitative estimate of drug-likeness (QED) is 0.751. The van der Waals surface area contributed by atoms with Crippen molar-refractivity contribution in [3.63, 3.8) is 0 Å². The SMILES string of the molecule is Cc1ccc2nc(C3CC3(C)C)[nH]c2c1. The van der Waals surface area contributed by atoms with Gasteiger partial charge in [0.2, 0.25) is 0 Å². The average molecular weight is 200 g/mol. The van der Waals surface area contributed by atoms with Crippen LogP contribution in [0, 0.1) is 12.3 Å². The van der Waals surface area contributed by atoms with E-state index in [4.69, 9.17) is 0 Å². The highest BCUT2D eigenvalue weighted by Gasteiger charge is 2.48. The fourth-order valence-corrected chi connectivity index (χ4v) is 2.24. The molecule has 1 N–H and O–H groups in total. The molecule has 0 saturated heterocycles. The normalized spacial score (nSPS) is 23.3. The Kier molecular flexibility index (Phi) is 1.57. The smallest absolute Gasteiger partial charge is 0.110 e. The van der Waals surface area contributed by atoms with Crippen LogP contribution in [-0.2, 0) is 0 Å². The Hall–Kier alpha value is -1.31. The van der Waals surface area contributed by atoms with Gasteiger partial charge in [-0.3, -0.25) is 0 Å². The molecule has 15 heavy (non-hydrogen) atoms. The second kappa shape index (κ2) is 2.63. The van der Waals surface area contributed by atoms with E-state index < -0.39 is 0 Å². The summed E-state index contributed by atoms with van der Waals surface area (Å²) in [6, 6.07) is 6.38. The van der Waals surface area contributed by atoms with Gasteiger partial charge in [0, 0.05) is 5.92 Å². The van der Waals surface area contributed by atoms with Crippen molar-refractivity contribution in [2.75, 3.05) is 0 Å². The molecule has 0 spiro atoms. The van der Waals surface area contributed by atoms with Crippen molar-refractivity contribution < 1.29 is 0 Å². The fraction of sp³-hybridized carbons (Fsp3) is 0.462. The highest BCUT2D eigenvalue weighted by atomic mass is 14.9. The number of aromatic nitrogens is 2. The van der Waals surface area contributed by atoms with Crippen molar-refractivity contribution in [3.8, 4) is 0 Å². The van der Waals surface area contributed by atoms with Crippen LogP contribution < -0.4 is 0 Å². The van der Waals surface area contributed by atoms with Crippen LogP contribution in [0.1, 0.15) is 37.6 Å². The second-order valence-electron chi connectivity index (χ2n) is 5.39. The van der Waals surface area contributed by atoms with Crippen molar-refractivity contribution in [1.29, 1.82) is 0 Å². The number of hydrogen-bond donors (Lipinski definition) is 1. The van der Waals surface area contributed by atoms with E-state index in [1.807, 2.05) is 0 Å². The largest absolute Gasteiger partial charge is 0.342 e. The Morgan fingerprint density at radius 1 is 1.40 bits per heavy atom. The Morgan fingerprint density at radius 2 is 2.13 bits per heavy atom. The lowest BCUT2D eigenvalue weighted by Gasteiger charge is -1.97. The van der Waals surface area contributed by atoms with Gasteiger partial charge < -0.3 is 4.98 Å². The minimum absolute atomic E-state index is 0.447. The monoisotopic (exact) mass is 200 g/mol. The predicted octanol–water partition coefficient (Wildman–Crippen LogP) is 3.38. The molecule has 1 unspecified atom stereocenters. The van der Waals surface area contributed by atoms with Crippen molar-refractivity contribution in [2.45, 2.75) is 33.1 Å². The summed E-state index contributed by atoms with van der Waals surface area (Å²) in [4.78, 5) is 8.10. The molecule has 1 saturated carbocycles. The van der Waals surface area contributed by atoms with E-state index in [9.17, 15) is 0 Å². The van der Waals surface area contributed by atoms with Gasteiger partial charge in [-0.2, -0.15) is 0 Å². The molecule has 2 aromatic rings. The van der Waals surface area contributed by atoms with Gasteiger partial charge in [0.25, 0.3) is 0 Å². The van der Waals surface area contributed by atoms with Crippen LogP contribution in [-0.4, -0.2) is 9.97 Å². The fourth-order valence-electron chi connectivity index (χ4n) is 2.24. The molecule has 0 bridgehead atoms. The molecule has 1 aromatic heterocycles. The zero-order valence-corrected chi connectivity index (χ0v) is 9.46. The van der Waals surface area contributed by atoms with Gasteiger partial charge >= 0.3 is 0 Å². The topological polar surface area (TPSA) is 28.7 Å². The Bertz CT molecular complexity index is 522. The maximum Gasteiger partial charge on any atom is 0.110 e. The molecule has 2 heteroatoms. The zero-order chi connectivity index (χ0) is 10.6. The van der Waals surface area contributed by atoms with E-state index in [0.29, 0.717) is 11.3 Å². The van der Waals surface area contributed by atoms with Crippen LogP contribution in [0.15, 0.2) is 18.2 Å². The van der Waals surface area contributed by atoms with E-state index in [0.717, 1.165) is 5.52 Å². The lowest BCUT2D eigenvalue weighted by atomic mass is 10.1. The van der Waals surface area contributed by atoms with Crippen molar-refractivity contribution in [3.05, 3.63) is 29.6 Å². The van der Waals surface area contributed by atoms with E-state index >= 15 is 0 Å². The first-order chi connectivity index (χ1) is 7.06. The molecule has 1 aliphatic carbocycles. The minimum Gasteiger partial charge on any atom is -0.342 e. The summed E-state index contributed by atoms with van der Waals surface area (Å²) in [6.45, 7) is 6.72. The molecular formula is C13H16N2. The van der Waals surface area contributed by atoms with Crippen LogP contribution >= 0.6 is 0 Å². The van der Waals surface area contributed by atoms with Crippen molar-refractivity contribution >= 4 is 11.0 Å². The molecule has 1 heterocycles. The Balaban J connectivity index is 2.08. The maximum absolute atomic E-state index is 4.66. The van der Waals surface area contributed by atoms with Crippen LogP contribution in [0.4, 0.5) is 0 Å². The average Bonchev–Trinajstić information content (AvgIpc) is 2.63. The summed E-state index contributed by atoms with van der Waals surface area (Å²) >= 11 is 0. The highest BCUT2D eigenvalue weighted by Crippen LogP contribution is 2.57. The summed E-state index contributed by atoms with van der Waals surface area (Å²) in [7, 11) is 0. The summed E-state index contributed by atoms with van der Waals surface area (Å²) in [6.07, 6.45) is 1.26. The number of benzene rings is 1. The van der Waals surface area contributed by atoms with Gasteiger partial charge in [-0.25, -0.2) is 4.98 Å². The molecule has 1 atom stereocenters. The molecule has 0 radical (unpaired) electrons. The maximum atomic E-state index is 4.66. The molecule has 1 aliphatic rings. The zero-order valence-electron chi connectivity index (χ0n) is 9.46. The number of aryl methyl sites for hydroxylation is 1. The minimum atomic E-state index is 0.447. The van der Waals surface area contributed by atoms with Crippen molar-refractivity contribution in [2.24, 2.45) is 5.41 Å². The second-order valence-corrected chi connectivity index (χ2v) is 5.39. The van der Waals surface area contributed by atoms with E-state index in [1.165, 1.54) is 23.3 Å². The Labute approximate surface area is 89.7 Å². The molecule has 2 nitrogen and oxygen atoms in total. The van der Waals surface area contributed by atoms with Gasteiger partial charge in [-0.05, 0) is 36.5 Å². The summed E-state index contributed by atoms with van der Waals surface area (Å²) in [5.74, 6) is 1.80. The van der Waals surface area contributed by atoms with Crippen LogP contribution in [0.3, 0.4) is 0 Å². The molecule has 3 rings (SSSR count). The van der Waals surface area contributed by atoms with Gasteiger partial charge in [-0.1, -0.05) is 19.9 Å². The molecule has 1 fully saturated rings. The van der Waals surface area contributed by atoms with Gasteiger partial charge in [0.05, 0.1) is 11.0 Å². The number of fused-ring (bicyclic) bond motifs is 1. The first-order valence-electron chi connectivity index (χ1n) is 5.52. The lowest BCUT2D eigenvalue weighted by molar-refractivity contribution is 0.612. The van der Waals surface area contributed by atoms with E-state index in [1.54, 1.807) is 0 Å². The molecule has 78 valence electrons. The van der Waals surface area contributed by atoms with Gasteiger partial charge in [-0.15, -0.1) is 0 Å². The van der Waals surface area contributed by atoms with Crippen molar-refractivity contribution in [1.82, 2.24) is 9.97 Å². The van der Waals surface area contributed by atoms with Crippen LogP contribution in [0.5, 0.6) is 0 Å². The third-order valence-electron chi connectivity index (χ3n) is 3.50. The Morgan fingerprint density at radius 3 is 2.80 bits per heavy atom. The molecule has 0 amide bonds. The number of hydrogen-bond acceptors (Lipinski definition) is 1. The number of imidazole rings is 1. The van der Waals surface area contributed by atoms with E-state index in [2.05, 4.69) is 48.9 Å². The first-order valence-corrected chi connectivity index (χ1v) is 5.52. The standard InChI is InChI=1S/C13H16N2/c1-8-4-5-10-11(6-8)15-12(14-10)9-7-13(9,2)3/h4-6,9H,7H2,1-3H3,(H,14,15).